The summed E-state index contributed by atoms with van der Waals surface area (Å²) in [5.41, 5.74) is 2.19. The lowest BCUT2D eigenvalue weighted by Gasteiger charge is -2.08. The minimum atomic E-state index is -0.544. The molecule has 27 heavy (non-hydrogen) atoms. The van der Waals surface area contributed by atoms with Gasteiger partial charge < -0.3 is 18.7 Å². The summed E-state index contributed by atoms with van der Waals surface area (Å²) in [6, 6.07) is 10.7. The minimum Gasteiger partial charge on any atom is -0.497 e. The SMILES string of the molecule is COc1cc(OC)cc(C(=O)OCc2noc(-c3ccc(F)cc3)c2C)c1. The summed E-state index contributed by atoms with van der Waals surface area (Å²) in [4.78, 5) is 12.3. The van der Waals surface area contributed by atoms with Gasteiger partial charge in [0.15, 0.2) is 5.76 Å². The van der Waals surface area contributed by atoms with Crippen LogP contribution in [0.5, 0.6) is 11.5 Å². The molecule has 0 unspecified atom stereocenters. The van der Waals surface area contributed by atoms with E-state index in [-0.39, 0.29) is 12.4 Å². The topological polar surface area (TPSA) is 70.8 Å². The average molecular weight is 371 g/mol. The van der Waals surface area contributed by atoms with E-state index in [0.29, 0.717) is 34.1 Å². The number of aromatic nitrogens is 1. The van der Waals surface area contributed by atoms with Gasteiger partial charge in [-0.2, -0.15) is 0 Å². The van der Waals surface area contributed by atoms with E-state index in [2.05, 4.69) is 5.16 Å². The Kier molecular flexibility index (Phi) is 5.40. The zero-order valence-electron chi connectivity index (χ0n) is 15.1. The Hall–Kier alpha value is -3.35. The standard InChI is InChI=1S/C20H18FNO5/c1-12-18(22-27-19(12)13-4-6-15(21)7-5-13)11-26-20(23)14-8-16(24-2)10-17(9-14)25-3/h4-10H,11H2,1-3H3. The number of nitrogens with zero attached hydrogens (tertiary/aromatic N) is 1. The molecule has 0 saturated heterocycles. The molecule has 0 amide bonds. The average Bonchev–Trinajstić information content (AvgIpc) is 3.06. The predicted molar refractivity (Wildman–Crippen MR) is 95.3 cm³/mol. The van der Waals surface area contributed by atoms with E-state index in [1.54, 1.807) is 37.3 Å². The summed E-state index contributed by atoms with van der Waals surface area (Å²) < 4.78 is 34.0. The number of esters is 1. The third-order valence-corrected chi connectivity index (χ3v) is 4.05. The Balaban J connectivity index is 1.74. The second kappa shape index (κ2) is 7.90. The fourth-order valence-electron chi connectivity index (χ4n) is 2.52. The van der Waals surface area contributed by atoms with Gasteiger partial charge in [-0.15, -0.1) is 0 Å². The molecule has 0 aliphatic rings. The maximum absolute atomic E-state index is 13.1. The van der Waals surface area contributed by atoms with E-state index in [4.69, 9.17) is 18.7 Å². The highest BCUT2D eigenvalue weighted by Gasteiger charge is 2.17. The first-order valence-corrected chi connectivity index (χ1v) is 8.13. The molecular formula is C20H18FNO5. The van der Waals surface area contributed by atoms with Gasteiger partial charge in [-0.05, 0) is 43.3 Å². The highest BCUT2D eigenvalue weighted by atomic mass is 19.1. The van der Waals surface area contributed by atoms with Gasteiger partial charge in [0.05, 0.1) is 19.8 Å². The molecule has 3 rings (SSSR count). The van der Waals surface area contributed by atoms with Crippen molar-refractivity contribution >= 4 is 5.97 Å². The Morgan fingerprint density at radius 2 is 1.70 bits per heavy atom. The molecule has 0 fully saturated rings. The molecule has 0 N–H and O–H groups in total. The zero-order valence-corrected chi connectivity index (χ0v) is 15.1. The maximum atomic E-state index is 13.1. The van der Waals surface area contributed by atoms with E-state index in [9.17, 15) is 9.18 Å². The lowest BCUT2D eigenvalue weighted by atomic mass is 10.1. The quantitative estimate of drug-likeness (QED) is 0.606. The van der Waals surface area contributed by atoms with Crippen molar-refractivity contribution in [3.05, 3.63) is 65.1 Å². The van der Waals surface area contributed by atoms with Crippen molar-refractivity contribution in [3.8, 4) is 22.8 Å². The van der Waals surface area contributed by atoms with Crippen LogP contribution < -0.4 is 9.47 Å². The van der Waals surface area contributed by atoms with Crippen molar-refractivity contribution in [1.82, 2.24) is 5.16 Å². The van der Waals surface area contributed by atoms with Gasteiger partial charge in [0.25, 0.3) is 0 Å². The van der Waals surface area contributed by atoms with Crippen LogP contribution in [0.2, 0.25) is 0 Å². The van der Waals surface area contributed by atoms with Crippen LogP contribution in [0.15, 0.2) is 47.0 Å². The van der Waals surface area contributed by atoms with Crippen molar-refractivity contribution in [2.75, 3.05) is 14.2 Å². The van der Waals surface area contributed by atoms with E-state index >= 15 is 0 Å². The molecule has 0 saturated carbocycles. The van der Waals surface area contributed by atoms with Crippen molar-refractivity contribution in [3.63, 3.8) is 0 Å². The molecule has 1 heterocycles. The molecule has 1 aromatic heterocycles. The predicted octanol–water partition coefficient (Wildman–Crippen LogP) is 4.16. The second-order valence-corrected chi connectivity index (χ2v) is 5.77. The molecule has 0 atom stereocenters. The number of carbonyl (C=O) groups is 1. The van der Waals surface area contributed by atoms with E-state index < -0.39 is 5.97 Å². The van der Waals surface area contributed by atoms with Crippen molar-refractivity contribution < 1.29 is 27.9 Å². The monoisotopic (exact) mass is 371 g/mol. The zero-order chi connectivity index (χ0) is 19.4. The summed E-state index contributed by atoms with van der Waals surface area (Å²) in [5.74, 6) is 0.593. The number of hydrogen-bond donors (Lipinski definition) is 0. The largest absolute Gasteiger partial charge is 0.497 e. The van der Waals surface area contributed by atoms with Gasteiger partial charge in [-0.25, -0.2) is 9.18 Å². The molecule has 140 valence electrons. The number of carbonyl (C=O) groups excluding carboxylic acids is 1. The first kappa shape index (κ1) is 18.4. The molecule has 2 aromatic carbocycles. The molecule has 0 spiro atoms. The fraction of sp³-hybridized carbons (Fsp3) is 0.200. The highest BCUT2D eigenvalue weighted by Crippen LogP contribution is 2.27. The van der Waals surface area contributed by atoms with Gasteiger partial charge in [0.1, 0.15) is 29.6 Å². The lowest BCUT2D eigenvalue weighted by molar-refractivity contribution is 0.0463. The number of ether oxygens (including phenoxy) is 3. The number of benzene rings is 2. The van der Waals surface area contributed by atoms with Crippen molar-refractivity contribution in [2.45, 2.75) is 13.5 Å². The van der Waals surface area contributed by atoms with Crippen LogP contribution in [0.25, 0.3) is 11.3 Å². The Bertz CT molecular complexity index is 927. The van der Waals surface area contributed by atoms with Crippen LogP contribution in [0.1, 0.15) is 21.6 Å². The Labute approximate surface area is 155 Å². The van der Waals surface area contributed by atoms with Gasteiger partial charge in [-0.3, -0.25) is 0 Å². The van der Waals surface area contributed by atoms with Gasteiger partial charge in [0.2, 0.25) is 0 Å². The molecule has 6 nitrogen and oxygen atoms in total. The van der Waals surface area contributed by atoms with Crippen molar-refractivity contribution in [2.24, 2.45) is 0 Å². The molecule has 0 radical (unpaired) electrons. The Morgan fingerprint density at radius 1 is 1.07 bits per heavy atom. The first-order chi connectivity index (χ1) is 13.0. The smallest absolute Gasteiger partial charge is 0.338 e. The van der Waals surface area contributed by atoms with Crippen LogP contribution in [0.3, 0.4) is 0 Å². The van der Waals surface area contributed by atoms with Gasteiger partial charge in [0, 0.05) is 17.2 Å². The third-order valence-electron chi connectivity index (χ3n) is 4.05. The van der Waals surface area contributed by atoms with Crippen LogP contribution in [0, 0.1) is 12.7 Å². The molecule has 3 aromatic rings. The number of halogens is 1. The highest BCUT2D eigenvalue weighted by molar-refractivity contribution is 5.90. The third kappa shape index (κ3) is 4.08. The summed E-state index contributed by atoms with van der Waals surface area (Å²) in [6.45, 7) is 1.74. The van der Waals surface area contributed by atoms with Gasteiger partial charge in [-0.1, -0.05) is 5.16 Å². The van der Waals surface area contributed by atoms with Crippen molar-refractivity contribution in [1.29, 1.82) is 0 Å². The first-order valence-electron chi connectivity index (χ1n) is 8.13. The minimum absolute atomic E-state index is 0.0606. The van der Waals surface area contributed by atoms with Crippen LogP contribution in [-0.2, 0) is 11.3 Å². The molecular weight excluding hydrogens is 353 g/mol. The van der Waals surface area contributed by atoms with E-state index in [0.717, 1.165) is 5.56 Å². The number of methoxy groups -OCH3 is 2. The normalized spacial score (nSPS) is 10.5. The molecule has 0 bridgehead atoms. The summed E-state index contributed by atoms with van der Waals surface area (Å²) in [5, 5.41) is 3.95. The van der Waals surface area contributed by atoms with Crippen LogP contribution in [-0.4, -0.2) is 25.3 Å². The number of rotatable bonds is 6. The summed E-state index contributed by atoms with van der Waals surface area (Å²) >= 11 is 0. The molecule has 0 aliphatic carbocycles. The summed E-state index contributed by atoms with van der Waals surface area (Å²) in [7, 11) is 3.00. The maximum Gasteiger partial charge on any atom is 0.338 e. The van der Waals surface area contributed by atoms with Crippen LogP contribution >= 0.6 is 0 Å². The Morgan fingerprint density at radius 3 is 2.30 bits per heavy atom. The summed E-state index contributed by atoms with van der Waals surface area (Å²) in [6.07, 6.45) is 0. The van der Waals surface area contributed by atoms with Gasteiger partial charge >= 0.3 is 5.97 Å². The molecule has 7 heteroatoms. The molecule has 0 aliphatic heterocycles. The fourth-order valence-corrected chi connectivity index (χ4v) is 2.52. The van der Waals surface area contributed by atoms with E-state index in [1.165, 1.54) is 26.4 Å². The number of hydrogen-bond acceptors (Lipinski definition) is 6. The lowest BCUT2D eigenvalue weighted by Crippen LogP contribution is -2.07. The second-order valence-electron chi connectivity index (χ2n) is 5.77. The van der Waals surface area contributed by atoms with E-state index in [1.807, 2.05) is 0 Å². The van der Waals surface area contributed by atoms with Crippen LogP contribution in [0.4, 0.5) is 4.39 Å².